The van der Waals surface area contributed by atoms with Gasteiger partial charge in [0.25, 0.3) is 0 Å². The van der Waals surface area contributed by atoms with Gasteiger partial charge < -0.3 is 10.4 Å². The molecule has 2 rings (SSSR count). The van der Waals surface area contributed by atoms with Gasteiger partial charge in [-0.2, -0.15) is 0 Å². The summed E-state index contributed by atoms with van der Waals surface area (Å²) in [6.45, 7) is 2.45. The summed E-state index contributed by atoms with van der Waals surface area (Å²) < 4.78 is 12.9. The first-order chi connectivity index (χ1) is 8.66. The number of aromatic hydroxyl groups is 1. The Kier molecular flexibility index (Phi) is 3.84. The largest absolute Gasteiger partial charge is 0.508 e. The molecule has 1 heterocycles. The van der Waals surface area contributed by atoms with Crippen molar-refractivity contribution in [1.29, 1.82) is 0 Å². The molecule has 0 radical (unpaired) electrons. The lowest BCUT2D eigenvalue weighted by atomic mass is 10.1. The lowest BCUT2D eigenvalue weighted by Crippen LogP contribution is -2.18. The maximum atomic E-state index is 12.9. The second-order valence-electron chi connectivity index (χ2n) is 4.01. The molecule has 4 nitrogen and oxygen atoms in total. The Morgan fingerprint density at radius 1 is 1.39 bits per heavy atom. The Bertz CT molecular complexity index is 519. The number of hydrogen-bond acceptors (Lipinski definition) is 4. The highest BCUT2D eigenvalue weighted by molar-refractivity contribution is 5.34. The summed E-state index contributed by atoms with van der Waals surface area (Å²) in [6, 6.07) is 5.73. The summed E-state index contributed by atoms with van der Waals surface area (Å²) >= 11 is 0. The summed E-state index contributed by atoms with van der Waals surface area (Å²) in [5, 5.41) is 12.9. The van der Waals surface area contributed by atoms with E-state index in [-0.39, 0.29) is 11.8 Å². The van der Waals surface area contributed by atoms with Crippen LogP contribution in [0.15, 0.2) is 36.8 Å². The van der Waals surface area contributed by atoms with E-state index >= 15 is 0 Å². The predicted molar refractivity (Wildman–Crippen MR) is 65.4 cm³/mol. The smallest absolute Gasteiger partial charge is 0.126 e. The average Bonchev–Trinajstić information content (AvgIpc) is 2.37. The number of phenols is 1. The first-order valence-corrected chi connectivity index (χ1v) is 5.63. The molecule has 0 aliphatic heterocycles. The number of halogens is 1. The fourth-order valence-corrected chi connectivity index (χ4v) is 1.67. The van der Waals surface area contributed by atoms with Crippen molar-refractivity contribution < 1.29 is 9.50 Å². The standard InChI is InChI=1S/C13H14FN3O/c1-9(12-3-2-10(14)6-13(12)18)16-7-11-4-5-15-8-17-11/h2-6,8-9,16,18H,7H2,1H3. The minimum atomic E-state index is -0.445. The van der Waals surface area contributed by atoms with Crippen molar-refractivity contribution in [2.45, 2.75) is 19.5 Å². The van der Waals surface area contributed by atoms with Crippen LogP contribution >= 0.6 is 0 Å². The molecule has 0 aliphatic carbocycles. The molecule has 1 aromatic heterocycles. The number of aromatic nitrogens is 2. The molecule has 94 valence electrons. The Hall–Kier alpha value is -2.01. The van der Waals surface area contributed by atoms with Gasteiger partial charge in [0, 0.05) is 30.4 Å². The maximum Gasteiger partial charge on any atom is 0.126 e. The summed E-state index contributed by atoms with van der Waals surface area (Å²) in [5.41, 5.74) is 1.52. The van der Waals surface area contributed by atoms with Crippen LogP contribution < -0.4 is 5.32 Å². The quantitative estimate of drug-likeness (QED) is 0.869. The summed E-state index contributed by atoms with van der Waals surface area (Å²) in [7, 11) is 0. The first-order valence-electron chi connectivity index (χ1n) is 5.63. The van der Waals surface area contributed by atoms with Gasteiger partial charge in [-0.05, 0) is 19.1 Å². The molecular weight excluding hydrogens is 233 g/mol. The lowest BCUT2D eigenvalue weighted by molar-refractivity contribution is 0.446. The summed E-state index contributed by atoms with van der Waals surface area (Å²) in [4.78, 5) is 7.92. The Morgan fingerprint density at radius 2 is 2.22 bits per heavy atom. The van der Waals surface area contributed by atoms with Gasteiger partial charge in [-0.1, -0.05) is 6.07 Å². The number of nitrogens with zero attached hydrogens (tertiary/aromatic N) is 2. The summed E-state index contributed by atoms with van der Waals surface area (Å²) in [6.07, 6.45) is 3.15. The van der Waals surface area contributed by atoms with E-state index in [1.165, 1.54) is 12.4 Å². The van der Waals surface area contributed by atoms with Crippen molar-refractivity contribution >= 4 is 0 Å². The third-order valence-corrected chi connectivity index (χ3v) is 2.69. The van der Waals surface area contributed by atoms with Gasteiger partial charge in [0.05, 0.1) is 5.69 Å². The van der Waals surface area contributed by atoms with Crippen molar-refractivity contribution in [2.24, 2.45) is 0 Å². The number of hydrogen-bond donors (Lipinski definition) is 2. The van der Waals surface area contributed by atoms with Crippen LogP contribution in [0.3, 0.4) is 0 Å². The zero-order valence-corrected chi connectivity index (χ0v) is 9.97. The zero-order chi connectivity index (χ0) is 13.0. The van der Waals surface area contributed by atoms with E-state index in [0.29, 0.717) is 12.1 Å². The van der Waals surface area contributed by atoms with Crippen LogP contribution in [0.5, 0.6) is 5.75 Å². The number of rotatable bonds is 4. The molecule has 0 saturated heterocycles. The monoisotopic (exact) mass is 247 g/mol. The Balaban J connectivity index is 2.01. The minimum absolute atomic E-state index is 0.0438. The van der Waals surface area contributed by atoms with Gasteiger partial charge >= 0.3 is 0 Å². The van der Waals surface area contributed by atoms with Crippen molar-refractivity contribution in [3.63, 3.8) is 0 Å². The fraction of sp³-hybridized carbons (Fsp3) is 0.231. The molecule has 1 aromatic carbocycles. The van der Waals surface area contributed by atoms with Gasteiger partial charge in [0.2, 0.25) is 0 Å². The first kappa shape index (κ1) is 12.4. The van der Waals surface area contributed by atoms with Crippen molar-refractivity contribution in [3.8, 4) is 5.75 Å². The highest BCUT2D eigenvalue weighted by Crippen LogP contribution is 2.24. The molecular formula is C13H14FN3O. The van der Waals surface area contributed by atoms with Gasteiger partial charge in [0.1, 0.15) is 17.9 Å². The average molecular weight is 247 g/mol. The molecule has 1 atom stereocenters. The van der Waals surface area contributed by atoms with Crippen LogP contribution in [0.1, 0.15) is 24.2 Å². The van der Waals surface area contributed by atoms with Crippen molar-refractivity contribution in [3.05, 3.63) is 53.9 Å². The lowest BCUT2D eigenvalue weighted by Gasteiger charge is -2.15. The molecule has 0 bridgehead atoms. The molecule has 5 heteroatoms. The minimum Gasteiger partial charge on any atom is -0.508 e. The van der Waals surface area contributed by atoms with E-state index < -0.39 is 5.82 Å². The number of phenolic OH excluding ortho intramolecular Hbond substituents is 1. The van der Waals surface area contributed by atoms with Crippen LogP contribution in [-0.2, 0) is 6.54 Å². The zero-order valence-electron chi connectivity index (χ0n) is 9.97. The van der Waals surface area contributed by atoms with E-state index in [1.54, 1.807) is 12.3 Å². The highest BCUT2D eigenvalue weighted by Gasteiger charge is 2.10. The van der Waals surface area contributed by atoms with E-state index in [1.807, 2.05) is 13.0 Å². The second-order valence-corrected chi connectivity index (χ2v) is 4.01. The third-order valence-electron chi connectivity index (χ3n) is 2.69. The molecule has 2 aromatic rings. The number of benzene rings is 1. The van der Waals surface area contributed by atoms with Crippen molar-refractivity contribution in [2.75, 3.05) is 0 Å². The Labute approximate surface area is 105 Å². The molecule has 18 heavy (non-hydrogen) atoms. The van der Waals surface area contributed by atoms with Crippen LogP contribution in [0, 0.1) is 5.82 Å². The number of nitrogens with one attached hydrogen (secondary N) is 1. The maximum absolute atomic E-state index is 12.9. The molecule has 0 amide bonds. The molecule has 0 aliphatic rings. The van der Waals surface area contributed by atoms with Gasteiger partial charge in [-0.25, -0.2) is 14.4 Å². The molecule has 1 unspecified atom stereocenters. The summed E-state index contributed by atoms with van der Waals surface area (Å²) in [5.74, 6) is -0.489. The SMILES string of the molecule is CC(NCc1ccncn1)c1ccc(F)cc1O. The predicted octanol–water partition coefficient (Wildman–Crippen LogP) is 2.17. The highest BCUT2D eigenvalue weighted by atomic mass is 19.1. The third kappa shape index (κ3) is 3.01. The van der Waals surface area contributed by atoms with E-state index in [2.05, 4.69) is 15.3 Å². The topological polar surface area (TPSA) is 58.0 Å². The van der Waals surface area contributed by atoms with Gasteiger partial charge in [-0.15, -0.1) is 0 Å². The van der Waals surface area contributed by atoms with Gasteiger partial charge in [-0.3, -0.25) is 0 Å². The van der Waals surface area contributed by atoms with Gasteiger partial charge in [0.15, 0.2) is 0 Å². The molecule has 0 saturated carbocycles. The van der Waals surface area contributed by atoms with Crippen LogP contribution in [-0.4, -0.2) is 15.1 Å². The molecule has 0 spiro atoms. The molecule has 2 N–H and O–H groups in total. The second kappa shape index (κ2) is 5.55. The van der Waals surface area contributed by atoms with E-state index in [0.717, 1.165) is 11.8 Å². The normalized spacial score (nSPS) is 12.3. The van der Waals surface area contributed by atoms with Crippen LogP contribution in [0.4, 0.5) is 4.39 Å². The Morgan fingerprint density at radius 3 is 2.89 bits per heavy atom. The fourth-order valence-electron chi connectivity index (χ4n) is 1.67. The van der Waals surface area contributed by atoms with Crippen LogP contribution in [0.2, 0.25) is 0 Å². The van der Waals surface area contributed by atoms with Crippen molar-refractivity contribution in [1.82, 2.24) is 15.3 Å². The van der Waals surface area contributed by atoms with Crippen LogP contribution in [0.25, 0.3) is 0 Å². The van der Waals surface area contributed by atoms with E-state index in [4.69, 9.17) is 0 Å². The molecule has 0 fully saturated rings. The van der Waals surface area contributed by atoms with E-state index in [9.17, 15) is 9.50 Å².